The van der Waals surface area contributed by atoms with Crippen molar-refractivity contribution in [1.29, 1.82) is 0 Å². The molecule has 176 valence electrons. The third-order valence-corrected chi connectivity index (χ3v) is 6.51. The van der Waals surface area contributed by atoms with Gasteiger partial charge in [0, 0.05) is 13.5 Å². The van der Waals surface area contributed by atoms with E-state index in [9.17, 15) is 9.59 Å². The number of unbranched alkanes of at least 4 members (excludes halogenated alkanes) is 5. The third-order valence-electron chi connectivity index (χ3n) is 6.51. The van der Waals surface area contributed by atoms with Crippen molar-refractivity contribution in [2.75, 3.05) is 7.05 Å². The molecule has 0 bridgehead atoms. The minimum Gasteiger partial charge on any atom is -0.336 e. The van der Waals surface area contributed by atoms with Crippen molar-refractivity contribution in [3.8, 4) is 5.69 Å². The van der Waals surface area contributed by atoms with Crippen molar-refractivity contribution in [3.05, 3.63) is 70.3 Å². The maximum atomic E-state index is 13.6. The van der Waals surface area contributed by atoms with Crippen molar-refractivity contribution < 1.29 is 4.79 Å². The van der Waals surface area contributed by atoms with Crippen LogP contribution in [0.1, 0.15) is 83.1 Å². The van der Waals surface area contributed by atoms with E-state index in [2.05, 4.69) is 13.8 Å². The summed E-state index contributed by atoms with van der Waals surface area (Å²) < 4.78 is 1.71. The van der Waals surface area contributed by atoms with E-state index in [1.807, 2.05) is 62.5 Å². The molecule has 1 unspecified atom stereocenters. The molecule has 2 aromatic carbocycles. The quantitative estimate of drug-likeness (QED) is 0.328. The number of para-hydroxylation sites is 2. The van der Waals surface area contributed by atoms with Crippen molar-refractivity contribution >= 4 is 16.8 Å². The molecule has 5 heteroatoms. The second-order valence-electron chi connectivity index (χ2n) is 8.81. The molecule has 0 N–H and O–H groups in total. The molecule has 1 heterocycles. The lowest BCUT2D eigenvalue weighted by molar-refractivity contribution is -0.132. The molecule has 1 amide bonds. The molecule has 0 aliphatic carbocycles. The first kappa shape index (κ1) is 24.7. The zero-order valence-corrected chi connectivity index (χ0v) is 20.5. The molecule has 0 saturated carbocycles. The van der Waals surface area contributed by atoms with E-state index < -0.39 is 0 Å². The summed E-state index contributed by atoms with van der Waals surface area (Å²) in [6, 6.07) is 15.0. The van der Waals surface area contributed by atoms with Crippen LogP contribution in [0.15, 0.2) is 53.3 Å². The van der Waals surface area contributed by atoms with Crippen LogP contribution in [0, 0.1) is 0 Å². The molecule has 3 aromatic rings. The Morgan fingerprint density at radius 1 is 0.970 bits per heavy atom. The van der Waals surface area contributed by atoms with Crippen LogP contribution in [0.5, 0.6) is 0 Å². The molecule has 0 radical (unpaired) electrons. The van der Waals surface area contributed by atoms with Crippen LogP contribution in [-0.4, -0.2) is 27.4 Å². The summed E-state index contributed by atoms with van der Waals surface area (Å²) >= 11 is 0. The van der Waals surface area contributed by atoms with Crippen molar-refractivity contribution in [2.45, 2.75) is 78.2 Å². The number of carbonyl (C=O) groups is 1. The Bertz CT molecular complexity index is 1140. The monoisotopic (exact) mass is 447 g/mol. The van der Waals surface area contributed by atoms with Gasteiger partial charge < -0.3 is 4.90 Å². The average molecular weight is 448 g/mol. The van der Waals surface area contributed by atoms with Crippen LogP contribution in [0.4, 0.5) is 0 Å². The van der Waals surface area contributed by atoms with Crippen LogP contribution in [0.25, 0.3) is 16.6 Å². The molecular weight excluding hydrogens is 410 g/mol. The summed E-state index contributed by atoms with van der Waals surface area (Å²) in [5.41, 5.74) is 2.47. The van der Waals surface area contributed by atoms with Crippen molar-refractivity contribution in [1.82, 2.24) is 14.5 Å². The summed E-state index contributed by atoms with van der Waals surface area (Å²) in [6.07, 6.45) is 8.20. The molecule has 0 spiro atoms. The highest BCUT2D eigenvalue weighted by Crippen LogP contribution is 2.24. The standard InChI is InChI=1S/C28H37N3O2/c1-5-7-8-9-10-11-20-26(32)30(4)21(3)27-29-24-18-14-13-17-23(24)28(33)31(27)25-19-15-12-16-22(25)6-2/h12-19,21H,5-11,20H2,1-4H3. The first-order valence-corrected chi connectivity index (χ1v) is 12.3. The Labute approximate surface area is 197 Å². The first-order chi connectivity index (χ1) is 16.0. The van der Waals surface area contributed by atoms with Gasteiger partial charge in [0.05, 0.1) is 22.6 Å². The van der Waals surface area contributed by atoms with Crippen LogP contribution < -0.4 is 5.56 Å². The number of fused-ring (bicyclic) bond motifs is 1. The van der Waals surface area contributed by atoms with Gasteiger partial charge in [0.2, 0.25) is 5.91 Å². The Morgan fingerprint density at radius 2 is 1.64 bits per heavy atom. The van der Waals surface area contributed by atoms with E-state index >= 15 is 0 Å². The van der Waals surface area contributed by atoms with Crippen molar-refractivity contribution in [2.24, 2.45) is 0 Å². The average Bonchev–Trinajstić information content (AvgIpc) is 2.85. The molecule has 0 aliphatic heterocycles. The lowest BCUT2D eigenvalue weighted by Gasteiger charge is -2.27. The van der Waals surface area contributed by atoms with E-state index in [1.165, 1.54) is 25.7 Å². The number of aromatic nitrogens is 2. The third kappa shape index (κ3) is 5.70. The first-order valence-electron chi connectivity index (χ1n) is 12.3. The number of hydrogen-bond acceptors (Lipinski definition) is 3. The number of benzene rings is 2. The molecule has 0 aliphatic rings. The number of carbonyl (C=O) groups excluding carboxylic acids is 1. The number of amides is 1. The largest absolute Gasteiger partial charge is 0.336 e. The minimum absolute atomic E-state index is 0.0933. The summed E-state index contributed by atoms with van der Waals surface area (Å²) in [4.78, 5) is 33.2. The lowest BCUT2D eigenvalue weighted by Crippen LogP contribution is -2.35. The van der Waals surface area contributed by atoms with Gasteiger partial charge in [0.15, 0.2) is 0 Å². The summed E-state index contributed by atoms with van der Waals surface area (Å²) in [5.74, 6) is 0.689. The highest BCUT2D eigenvalue weighted by Gasteiger charge is 2.24. The Kier molecular flexibility index (Phi) is 8.81. The van der Waals surface area contributed by atoms with Gasteiger partial charge in [-0.25, -0.2) is 4.98 Å². The predicted octanol–water partition coefficient (Wildman–Crippen LogP) is 6.22. The number of hydrogen-bond donors (Lipinski definition) is 0. The number of nitrogens with zero attached hydrogens (tertiary/aromatic N) is 3. The van der Waals surface area contributed by atoms with Crippen molar-refractivity contribution in [3.63, 3.8) is 0 Å². The van der Waals surface area contributed by atoms with Gasteiger partial charge in [0.25, 0.3) is 5.56 Å². The van der Waals surface area contributed by atoms with Gasteiger partial charge in [-0.05, 0) is 43.5 Å². The molecule has 3 rings (SSSR count). The highest BCUT2D eigenvalue weighted by molar-refractivity contribution is 5.79. The zero-order chi connectivity index (χ0) is 23.8. The van der Waals surface area contributed by atoms with E-state index in [-0.39, 0.29) is 17.5 Å². The summed E-state index contributed by atoms with van der Waals surface area (Å²) in [5, 5.41) is 0.584. The maximum absolute atomic E-state index is 13.6. The van der Waals surface area contributed by atoms with Gasteiger partial charge in [-0.1, -0.05) is 76.3 Å². The number of aryl methyl sites for hydroxylation is 1. The van der Waals surface area contributed by atoms with Crippen LogP contribution in [-0.2, 0) is 11.2 Å². The normalized spacial score (nSPS) is 12.1. The topological polar surface area (TPSA) is 55.2 Å². The Balaban J connectivity index is 1.94. The fraction of sp³-hybridized carbons (Fsp3) is 0.464. The predicted molar refractivity (Wildman–Crippen MR) is 136 cm³/mol. The smallest absolute Gasteiger partial charge is 0.266 e. The van der Waals surface area contributed by atoms with E-state index in [0.717, 1.165) is 30.5 Å². The molecule has 0 fully saturated rings. The van der Waals surface area contributed by atoms with E-state index in [0.29, 0.717) is 23.1 Å². The Morgan fingerprint density at radius 3 is 2.39 bits per heavy atom. The minimum atomic E-state index is -0.334. The van der Waals surface area contributed by atoms with Gasteiger partial charge in [-0.15, -0.1) is 0 Å². The molecule has 5 nitrogen and oxygen atoms in total. The van der Waals surface area contributed by atoms with E-state index in [4.69, 9.17) is 4.98 Å². The fourth-order valence-corrected chi connectivity index (χ4v) is 4.31. The van der Waals surface area contributed by atoms with Gasteiger partial charge in [-0.3, -0.25) is 14.2 Å². The summed E-state index contributed by atoms with van der Waals surface area (Å²) in [7, 11) is 1.82. The van der Waals surface area contributed by atoms with Crippen LogP contribution in [0.3, 0.4) is 0 Å². The van der Waals surface area contributed by atoms with E-state index in [1.54, 1.807) is 9.47 Å². The second-order valence-corrected chi connectivity index (χ2v) is 8.81. The fourth-order valence-electron chi connectivity index (χ4n) is 4.31. The molecular formula is C28H37N3O2. The molecule has 33 heavy (non-hydrogen) atoms. The number of rotatable bonds is 11. The van der Waals surface area contributed by atoms with Crippen LogP contribution in [0.2, 0.25) is 0 Å². The SMILES string of the molecule is CCCCCCCCC(=O)N(C)C(C)c1nc2ccccc2c(=O)n1-c1ccccc1CC. The molecule has 0 saturated heterocycles. The molecule has 1 aromatic heterocycles. The molecule has 1 atom stereocenters. The summed E-state index contributed by atoms with van der Waals surface area (Å²) in [6.45, 7) is 6.25. The van der Waals surface area contributed by atoms with Gasteiger partial charge in [0.1, 0.15) is 5.82 Å². The Hall–Kier alpha value is -2.95. The zero-order valence-electron chi connectivity index (χ0n) is 20.5. The van der Waals surface area contributed by atoms with Gasteiger partial charge >= 0.3 is 0 Å². The lowest BCUT2D eigenvalue weighted by atomic mass is 10.1. The van der Waals surface area contributed by atoms with Crippen LogP contribution >= 0.6 is 0 Å². The van der Waals surface area contributed by atoms with Gasteiger partial charge in [-0.2, -0.15) is 0 Å². The maximum Gasteiger partial charge on any atom is 0.266 e. The highest BCUT2D eigenvalue weighted by atomic mass is 16.2. The second kappa shape index (κ2) is 11.8.